The molecule has 0 saturated carbocycles. The molecule has 0 unspecified atom stereocenters. The number of ketones is 1. The van der Waals surface area contributed by atoms with Crippen LogP contribution < -0.4 is 15.3 Å². The van der Waals surface area contributed by atoms with E-state index in [2.05, 4.69) is 4.90 Å². The minimum atomic E-state index is -1.26. The number of hydrogen-bond donors (Lipinski definition) is 0. The van der Waals surface area contributed by atoms with Crippen LogP contribution >= 0.6 is 11.6 Å². The van der Waals surface area contributed by atoms with E-state index in [0.717, 1.165) is 45.1 Å². The summed E-state index contributed by atoms with van der Waals surface area (Å²) in [5.74, 6) is -2.78. The molecule has 1 radical (unpaired) electrons. The van der Waals surface area contributed by atoms with Crippen LogP contribution in [0.3, 0.4) is 0 Å². The van der Waals surface area contributed by atoms with Gasteiger partial charge in [0.1, 0.15) is 5.78 Å². The van der Waals surface area contributed by atoms with Gasteiger partial charge < -0.3 is 44.1 Å². The second kappa shape index (κ2) is 29.6. The van der Waals surface area contributed by atoms with E-state index in [1.165, 1.54) is 0 Å². The monoisotopic (exact) mass is 805 g/mol. The number of carboxylic acid groups (broad SMARTS) is 3. The molecule has 0 N–H and O–H groups in total. The number of carboxylic acids is 3. The van der Waals surface area contributed by atoms with Crippen molar-refractivity contribution >= 4 is 35.3 Å². The molecule has 0 aliphatic carbocycles. The Labute approximate surface area is 305 Å². The van der Waals surface area contributed by atoms with Gasteiger partial charge >= 0.3 is 39.9 Å². The second-order valence-electron chi connectivity index (χ2n) is 11.2. The third kappa shape index (κ3) is 27.1. The number of ether oxygens (including phenoxy) is 2. The minimum absolute atomic E-state index is 0. The zero-order valence-electron chi connectivity index (χ0n) is 26.6. The van der Waals surface area contributed by atoms with Crippen LogP contribution in [0.15, 0.2) is 0 Å². The van der Waals surface area contributed by atoms with E-state index in [4.69, 9.17) is 21.1 Å². The topological polar surface area (TPSA) is 169 Å². The van der Waals surface area contributed by atoms with Gasteiger partial charge in [0, 0.05) is 104 Å². The van der Waals surface area contributed by atoms with Crippen molar-refractivity contribution in [3.63, 3.8) is 0 Å². The zero-order valence-corrected chi connectivity index (χ0v) is 29.6. The van der Waals surface area contributed by atoms with Gasteiger partial charge in [0.25, 0.3) is 0 Å². The number of carbonyl (C=O) groups is 4. The molecule has 1 saturated heterocycles. The summed E-state index contributed by atoms with van der Waals surface area (Å²) in [6.07, 6.45) is 7.42. The average Bonchev–Trinajstić information content (AvgIpc) is 2.96. The summed E-state index contributed by atoms with van der Waals surface area (Å²) in [4.78, 5) is 53.3. The van der Waals surface area contributed by atoms with E-state index in [1.54, 1.807) is 14.7 Å². The van der Waals surface area contributed by atoms with Gasteiger partial charge in [0.2, 0.25) is 0 Å². The average molecular weight is 805 g/mol. The number of Topliss-reactive ketones (excluding diaryl/α,β-unsaturated/α-hetero) is 1. The van der Waals surface area contributed by atoms with Crippen molar-refractivity contribution in [3.05, 3.63) is 0 Å². The first kappa shape index (κ1) is 44.5. The molecule has 1 fully saturated rings. The number of nitrogens with zero attached hydrogens (tertiary/aromatic N) is 4. The molecule has 1 aliphatic heterocycles. The predicted octanol–water partition coefficient (Wildman–Crippen LogP) is -2.19. The predicted molar refractivity (Wildman–Crippen MR) is 160 cm³/mol. The molecule has 0 aromatic carbocycles. The van der Waals surface area contributed by atoms with E-state index in [1.807, 2.05) is 0 Å². The summed E-state index contributed by atoms with van der Waals surface area (Å²) < 4.78 is 11.1. The van der Waals surface area contributed by atoms with Crippen molar-refractivity contribution in [2.24, 2.45) is 0 Å². The number of halogens is 1. The molecular formula is C30H52ClGdN4O9. The third-order valence-electron chi connectivity index (χ3n) is 7.46. The maximum Gasteiger partial charge on any atom is 3.00 e. The molecule has 0 aromatic rings. The molecule has 0 aromatic heterocycles. The maximum atomic E-state index is 12.3. The molecule has 0 atom stereocenters. The Hall–Kier alpha value is -0.545. The Balaban J connectivity index is 0.0000194. The van der Waals surface area contributed by atoms with Crippen LogP contribution in [0, 0.1) is 39.9 Å². The first-order valence-corrected chi connectivity index (χ1v) is 16.4. The minimum Gasteiger partial charge on any atom is -0.549 e. The largest absolute Gasteiger partial charge is 3.00 e. The molecule has 0 spiro atoms. The van der Waals surface area contributed by atoms with E-state index in [9.17, 15) is 34.5 Å². The van der Waals surface area contributed by atoms with E-state index in [-0.39, 0.29) is 78.4 Å². The van der Waals surface area contributed by atoms with Gasteiger partial charge in [-0.25, -0.2) is 0 Å². The summed E-state index contributed by atoms with van der Waals surface area (Å²) in [6, 6.07) is 0. The Morgan fingerprint density at radius 2 is 0.911 bits per heavy atom. The van der Waals surface area contributed by atoms with Crippen molar-refractivity contribution < 1.29 is 83.9 Å². The first-order chi connectivity index (χ1) is 21.2. The number of carbonyl (C=O) groups excluding carboxylic acids is 4. The third-order valence-corrected chi connectivity index (χ3v) is 7.72. The van der Waals surface area contributed by atoms with Crippen molar-refractivity contribution in [3.8, 4) is 0 Å². The van der Waals surface area contributed by atoms with E-state index >= 15 is 0 Å². The Kier molecular flexibility index (Phi) is 29.2. The van der Waals surface area contributed by atoms with Gasteiger partial charge in [-0.15, -0.1) is 11.6 Å². The second-order valence-corrected chi connectivity index (χ2v) is 11.6. The molecule has 45 heavy (non-hydrogen) atoms. The Morgan fingerprint density at radius 3 is 1.36 bits per heavy atom. The normalized spacial score (nSPS) is 16.4. The molecular weight excluding hydrogens is 753 g/mol. The molecule has 1 heterocycles. The van der Waals surface area contributed by atoms with E-state index < -0.39 is 17.9 Å². The molecule has 1 aliphatic rings. The molecule has 15 heteroatoms. The molecule has 0 bridgehead atoms. The van der Waals surface area contributed by atoms with Gasteiger partial charge in [0.15, 0.2) is 0 Å². The van der Waals surface area contributed by atoms with Crippen LogP contribution in [0.2, 0.25) is 0 Å². The van der Waals surface area contributed by atoms with Gasteiger partial charge in [-0.3, -0.25) is 19.5 Å². The van der Waals surface area contributed by atoms with Gasteiger partial charge in [-0.05, 0) is 38.6 Å². The van der Waals surface area contributed by atoms with Crippen LogP contribution in [0.25, 0.3) is 0 Å². The van der Waals surface area contributed by atoms with Crippen LogP contribution in [-0.2, 0) is 28.7 Å². The van der Waals surface area contributed by atoms with E-state index in [0.29, 0.717) is 90.8 Å². The van der Waals surface area contributed by atoms with Crippen molar-refractivity contribution in [1.82, 2.24) is 19.6 Å². The van der Waals surface area contributed by atoms with Crippen molar-refractivity contribution in [2.75, 3.05) is 111 Å². The fourth-order valence-electron chi connectivity index (χ4n) is 4.95. The summed E-state index contributed by atoms with van der Waals surface area (Å²) in [5, 5.41) is 33.8. The molecule has 261 valence electrons. The summed E-state index contributed by atoms with van der Waals surface area (Å²) in [6.45, 7) is 5.25. The number of rotatable bonds is 24. The first-order valence-electron chi connectivity index (χ1n) is 15.9. The Bertz CT molecular complexity index is 783. The summed E-state index contributed by atoms with van der Waals surface area (Å²) in [5.41, 5.74) is 0. The number of aliphatic carboxylic acids is 3. The molecule has 1 rings (SSSR count). The number of unbranched alkanes of at least 4 members (excludes halogenated alkanes) is 4. The number of hydrogen-bond acceptors (Lipinski definition) is 13. The fraction of sp³-hybridized carbons (Fsp3) is 0.867. The van der Waals surface area contributed by atoms with Crippen LogP contribution in [-0.4, -0.2) is 154 Å². The van der Waals surface area contributed by atoms with Gasteiger partial charge in [-0.1, -0.05) is 12.8 Å². The standard InChI is InChI=1S/C30H55ClN4O9.Gd/c31-10-4-1-2-6-20-43-22-23-44-21-7-9-27(36)8-3-5-11-32-12-14-33(24-28(37)38)16-18-35(26-30(41)42)19-17-34(15-13-32)25-29(39)40;/h1-26H2,(H,37,38)(H,39,40)(H,41,42);/q;+3/p-3. The Morgan fingerprint density at radius 1 is 0.511 bits per heavy atom. The van der Waals surface area contributed by atoms with Crippen LogP contribution in [0.5, 0.6) is 0 Å². The maximum absolute atomic E-state index is 12.3. The fourth-order valence-corrected chi connectivity index (χ4v) is 5.14. The van der Waals surface area contributed by atoms with Crippen LogP contribution in [0.4, 0.5) is 0 Å². The van der Waals surface area contributed by atoms with Crippen molar-refractivity contribution in [2.45, 2.75) is 57.8 Å². The smallest absolute Gasteiger partial charge is 0.549 e. The summed E-state index contributed by atoms with van der Waals surface area (Å²) >= 11 is 5.66. The number of alkyl halides is 1. The molecule has 13 nitrogen and oxygen atoms in total. The summed E-state index contributed by atoms with van der Waals surface area (Å²) in [7, 11) is 0. The van der Waals surface area contributed by atoms with Crippen molar-refractivity contribution in [1.29, 1.82) is 0 Å². The molecule has 0 amide bonds. The SMILES string of the molecule is O=C([O-])CN1CCN(CCCCC(=O)CCCOCCOCCCCCCCl)CCN(CC(=O)[O-])CCN(CC(=O)[O-])CC1.[Gd+3]. The van der Waals surface area contributed by atoms with Gasteiger partial charge in [-0.2, -0.15) is 0 Å². The zero-order chi connectivity index (χ0) is 32.4. The van der Waals surface area contributed by atoms with Crippen LogP contribution in [0.1, 0.15) is 57.8 Å². The van der Waals surface area contributed by atoms with Gasteiger partial charge in [0.05, 0.1) is 31.1 Å². The quantitative estimate of drug-likeness (QED) is 0.0763.